The van der Waals surface area contributed by atoms with Crippen molar-refractivity contribution in [3.05, 3.63) is 29.4 Å². The van der Waals surface area contributed by atoms with Crippen molar-refractivity contribution in [2.75, 3.05) is 12.5 Å². The fraction of sp³-hybridized carbons (Fsp3) is 0.286. The standard InChI is InChI=1S/C7H11N3/c1-6-4-3-5-10(9-2)7(6)8/h3-5,8-9H,1-2H3. The smallest absolute Gasteiger partial charge is 0.146 e. The van der Waals surface area contributed by atoms with E-state index in [1.807, 2.05) is 25.3 Å². The van der Waals surface area contributed by atoms with E-state index >= 15 is 0 Å². The first-order chi connectivity index (χ1) is 4.75. The summed E-state index contributed by atoms with van der Waals surface area (Å²) in [6, 6.07) is 3.82. The highest BCUT2D eigenvalue weighted by atomic mass is 15.4. The number of rotatable bonds is 1. The van der Waals surface area contributed by atoms with Crippen molar-refractivity contribution in [3.63, 3.8) is 0 Å². The first kappa shape index (κ1) is 6.86. The topological polar surface area (TPSA) is 40.8 Å². The molecule has 0 radical (unpaired) electrons. The van der Waals surface area contributed by atoms with Crippen LogP contribution in [0.25, 0.3) is 0 Å². The lowest BCUT2D eigenvalue weighted by Gasteiger charge is -2.04. The molecular formula is C7H11N3. The summed E-state index contributed by atoms with van der Waals surface area (Å²) in [7, 11) is 1.79. The Morgan fingerprint density at radius 2 is 2.30 bits per heavy atom. The molecule has 0 aliphatic carbocycles. The van der Waals surface area contributed by atoms with Crippen molar-refractivity contribution in [1.82, 2.24) is 4.68 Å². The van der Waals surface area contributed by atoms with Crippen molar-refractivity contribution in [2.24, 2.45) is 0 Å². The molecule has 10 heavy (non-hydrogen) atoms. The van der Waals surface area contributed by atoms with Gasteiger partial charge in [0.15, 0.2) is 0 Å². The van der Waals surface area contributed by atoms with Crippen LogP contribution in [0.5, 0.6) is 0 Å². The first-order valence-electron chi connectivity index (χ1n) is 3.16. The Morgan fingerprint density at radius 1 is 1.60 bits per heavy atom. The van der Waals surface area contributed by atoms with Crippen LogP contribution in [0, 0.1) is 12.3 Å². The molecule has 1 heterocycles. The highest BCUT2D eigenvalue weighted by Crippen LogP contribution is 1.84. The molecule has 0 fully saturated rings. The van der Waals surface area contributed by atoms with E-state index in [-0.39, 0.29) is 0 Å². The van der Waals surface area contributed by atoms with E-state index in [9.17, 15) is 0 Å². The Balaban J connectivity index is 3.28. The minimum absolute atomic E-state index is 0.505. The average molecular weight is 137 g/mol. The Hall–Kier alpha value is -1.25. The Bertz CT molecular complexity index is 274. The summed E-state index contributed by atoms with van der Waals surface area (Å²) in [5.41, 5.74) is 4.34. The fourth-order valence-corrected chi connectivity index (χ4v) is 0.803. The maximum atomic E-state index is 7.50. The third kappa shape index (κ3) is 1.03. The van der Waals surface area contributed by atoms with Crippen molar-refractivity contribution in [3.8, 4) is 0 Å². The van der Waals surface area contributed by atoms with Gasteiger partial charge in [-0.05, 0) is 18.6 Å². The van der Waals surface area contributed by atoms with E-state index in [2.05, 4.69) is 5.43 Å². The van der Waals surface area contributed by atoms with Crippen LogP contribution in [-0.4, -0.2) is 11.7 Å². The van der Waals surface area contributed by atoms with Crippen molar-refractivity contribution in [2.45, 2.75) is 6.92 Å². The lowest BCUT2D eigenvalue weighted by atomic mass is 10.3. The van der Waals surface area contributed by atoms with Gasteiger partial charge in [0.05, 0.1) is 0 Å². The summed E-state index contributed by atoms with van der Waals surface area (Å²) in [4.78, 5) is 0. The average Bonchev–Trinajstić information content (AvgIpc) is 1.95. The molecule has 0 amide bonds. The van der Waals surface area contributed by atoms with E-state index in [1.165, 1.54) is 0 Å². The van der Waals surface area contributed by atoms with Crippen LogP contribution in [0.4, 0.5) is 0 Å². The second kappa shape index (κ2) is 2.56. The van der Waals surface area contributed by atoms with Crippen LogP contribution in [0.15, 0.2) is 18.3 Å². The third-order valence-electron chi connectivity index (χ3n) is 1.44. The predicted octanol–water partition coefficient (Wildman–Crippen LogP) is 0.449. The summed E-state index contributed by atoms with van der Waals surface area (Å²) < 4.78 is 1.66. The third-order valence-corrected chi connectivity index (χ3v) is 1.44. The molecule has 0 aromatic carbocycles. The van der Waals surface area contributed by atoms with Crippen LogP contribution in [-0.2, 0) is 0 Å². The number of hydrogen-bond donors (Lipinski definition) is 2. The quantitative estimate of drug-likeness (QED) is 0.579. The first-order valence-corrected chi connectivity index (χ1v) is 3.16. The van der Waals surface area contributed by atoms with Crippen LogP contribution >= 0.6 is 0 Å². The van der Waals surface area contributed by atoms with Gasteiger partial charge < -0.3 is 5.43 Å². The lowest BCUT2D eigenvalue weighted by Crippen LogP contribution is -2.27. The van der Waals surface area contributed by atoms with Gasteiger partial charge in [-0.3, -0.25) is 10.1 Å². The normalized spacial score (nSPS) is 9.40. The molecule has 0 saturated heterocycles. The molecule has 0 aliphatic rings. The van der Waals surface area contributed by atoms with Crippen molar-refractivity contribution >= 4 is 0 Å². The van der Waals surface area contributed by atoms with Gasteiger partial charge in [-0.15, -0.1) is 0 Å². The van der Waals surface area contributed by atoms with Gasteiger partial charge in [-0.1, -0.05) is 6.07 Å². The Kier molecular flexibility index (Phi) is 1.76. The van der Waals surface area contributed by atoms with Gasteiger partial charge in [0.2, 0.25) is 0 Å². The summed E-state index contributed by atoms with van der Waals surface area (Å²) >= 11 is 0. The Labute approximate surface area is 59.8 Å². The molecule has 3 heteroatoms. The summed E-state index contributed by atoms with van der Waals surface area (Å²) in [6.07, 6.45) is 1.81. The van der Waals surface area contributed by atoms with Crippen molar-refractivity contribution in [1.29, 1.82) is 5.41 Å². The maximum Gasteiger partial charge on any atom is 0.146 e. The second-order valence-electron chi connectivity index (χ2n) is 2.13. The number of aromatic nitrogens is 1. The fourth-order valence-electron chi connectivity index (χ4n) is 0.803. The van der Waals surface area contributed by atoms with E-state index in [4.69, 9.17) is 5.41 Å². The van der Waals surface area contributed by atoms with E-state index < -0.39 is 0 Å². The monoisotopic (exact) mass is 137 g/mol. The summed E-state index contributed by atoms with van der Waals surface area (Å²) in [6.45, 7) is 1.91. The molecule has 0 bridgehead atoms. The zero-order valence-electron chi connectivity index (χ0n) is 6.18. The molecule has 54 valence electrons. The van der Waals surface area contributed by atoms with Crippen LogP contribution in [0.2, 0.25) is 0 Å². The largest absolute Gasteiger partial charge is 0.328 e. The molecule has 0 atom stereocenters. The van der Waals surface area contributed by atoms with Crippen LogP contribution in [0.1, 0.15) is 5.56 Å². The van der Waals surface area contributed by atoms with Gasteiger partial charge in [-0.25, -0.2) is 0 Å². The van der Waals surface area contributed by atoms with E-state index in [0.29, 0.717) is 5.49 Å². The zero-order valence-corrected chi connectivity index (χ0v) is 6.18. The molecule has 1 aromatic heterocycles. The lowest BCUT2D eigenvalue weighted by molar-refractivity contribution is 0.817. The maximum absolute atomic E-state index is 7.50. The molecule has 2 N–H and O–H groups in total. The molecule has 0 aliphatic heterocycles. The van der Waals surface area contributed by atoms with Gasteiger partial charge >= 0.3 is 0 Å². The molecule has 0 unspecified atom stereocenters. The SMILES string of the molecule is CNn1cccc(C)c1=N. The minimum atomic E-state index is 0.505. The minimum Gasteiger partial charge on any atom is -0.328 e. The molecule has 3 nitrogen and oxygen atoms in total. The molecule has 1 rings (SSSR count). The highest BCUT2D eigenvalue weighted by molar-refractivity contribution is 5.06. The Morgan fingerprint density at radius 3 is 2.80 bits per heavy atom. The number of nitrogens with one attached hydrogen (secondary N) is 2. The van der Waals surface area contributed by atoms with Crippen LogP contribution in [0.3, 0.4) is 0 Å². The van der Waals surface area contributed by atoms with Gasteiger partial charge in [-0.2, -0.15) is 0 Å². The number of aryl methyl sites for hydroxylation is 1. The van der Waals surface area contributed by atoms with Crippen LogP contribution < -0.4 is 10.9 Å². The molecule has 0 saturated carbocycles. The summed E-state index contributed by atoms with van der Waals surface area (Å²) in [5, 5.41) is 7.50. The van der Waals surface area contributed by atoms with Gasteiger partial charge in [0, 0.05) is 13.2 Å². The zero-order chi connectivity index (χ0) is 7.56. The predicted molar refractivity (Wildman–Crippen MR) is 40.3 cm³/mol. The second-order valence-corrected chi connectivity index (χ2v) is 2.13. The van der Waals surface area contributed by atoms with E-state index in [1.54, 1.807) is 11.7 Å². The number of nitrogens with zero attached hydrogens (tertiary/aromatic N) is 1. The van der Waals surface area contributed by atoms with E-state index in [0.717, 1.165) is 5.56 Å². The summed E-state index contributed by atoms with van der Waals surface area (Å²) in [5.74, 6) is 0. The van der Waals surface area contributed by atoms with Gasteiger partial charge in [0.1, 0.15) is 5.49 Å². The molecule has 0 spiro atoms. The number of pyridine rings is 1. The highest BCUT2D eigenvalue weighted by Gasteiger charge is 1.89. The van der Waals surface area contributed by atoms with Crippen molar-refractivity contribution < 1.29 is 0 Å². The van der Waals surface area contributed by atoms with Gasteiger partial charge in [0.25, 0.3) is 0 Å². The molecule has 1 aromatic rings. The number of hydrogen-bond acceptors (Lipinski definition) is 2. The molecular weight excluding hydrogens is 126 g/mol.